The quantitative estimate of drug-likeness (QED) is 0.863. The lowest BCUT2D eigenvalue weighted by Crippen LogP contribution is -2.40. The molecule has 20 heavy (non-hydrogen) atoms. The van der Waals surface area contributed by atoms with Gasteiger partial charge in [-0.05, 0) is 24.6 Å². The van der Waals surface area contributed by atoms with Crippen LogP contribution in [0.3, 0.4) is 0 Å². The van der Waals surface area contributed by atoms with Gasteiger partial charge in [0.05, 0.1) is 12.1 Å². The van der Waals surface area contributed by atoms with Crippen LogP contribution in [0.1, 0.15) is 18.5 Å². The maximum absolute atomic E-state index is 11.5. The minimum atomic E-state index is -0.219. The number of rotatable bonds is 5. The van der Waals surface area contributed by atoms with Crippen molar-refractivity contribution in [2.45, 2.75) is 19.0 Å². The lowest BCUT2D eigenvalue weighted by Gasteiger charge is -2.26. The summed E-state index contributed by atoms with van der Waals surface area (Å²) in [5.41, 5.74) is 0.903. The first-order chi connectivity index (χ1) is 9.63. The van der Waals surface area contributed by atoms with Crippen molar-refractivity contribution < 1.29 is 4.79 Å². The Bertz CT molecular complexity index is 572. The number of benzene rings is 1. The highest BCUT2D eigenvalue weighted by molar-refractivity contribution is 6.31. The molecule has 2 atom stereocenters. The van der Waals surface area contributed by atoms with Crippen molar-refractivity contribution in [3.05, 3.63) is 53.3 Å². The van der Waals surface area contributed by atoms with Gasteiger partial charge < -0.3 is 5.32 Å². The fourth-order valence-corrected chi connectivity index (χ4v) is 2.50. The molecule has 0 spiro atoms. The highest BCUT2D eigenvalue weighted by atomic mass is 35.5. The van der Waals surface area contributed by atoms with Crippen LogP contribution in [0.25, 0.3) is 0 Å². The number of aromatic nitrogens is 2. The Hall–Kier alpha value is -1.52. The van der Waals surface area contributed by atoms with Gasteiger partial charge in [0.2, 0.25) is 5.91 Å². The van der Waals surface area contributed by atoms with Crippen molar-refractivity contribution in [3.8, 4) is 0 Å². The summed E-state index contributed by atoms with van der Waals surface area (Å²) in [5, 5.41) is 7.75. The van der Waals surface area contributed by atoms with Gasteiger partial charge in [0.1, 0.15) is 5.88 Å². The summed E-state index contributed by atoms with van der Waals surface area (Å²) in [6.45, 7) is 1.90. The molecule has 0 aliphatic heterocycles. The van der Waals surface area contributed by atoms with Crippen molar-refractivity contribution in [1.82, 2.24) is 15.1 Å². The summed E-state index contributed by atoms with van der Waals surface area (Å²) in [6, 6.07) is 8.98. The molecule has 2 aromatic rings. The zero-order valence-corrected chi connectivity index (χ0v) is 12.5. The third-order valence-corrected chi connectivity index (χ3v) is 3.60. The van der Waals surface area contributed by atoms with Gasteiger partial charge in [0.15, 0.2) is 0 Å². The molecule has 0 saturated heterocycles. The zero-order chi connectivity index (χ0) is 14.5. The Kier molecular flexibility index (Phi) is 5.04. The number of carbonyl (C=O) groups is 1. The third-order valence-electron chi connectivity index (χ3n) is 3.02. The lowest BCUT2D eigenvalue weighted by molar-refractivity contribution is -0.119. The van der Waals surface area contributed by atoms with Crippen LogP contribution in [0.4, 0.5) is 0 Å². The first-order valence-corrected chi connectivity index (χ1v) is 7.13. The molecule has 2 rings (SSSR count). The predicted octanol–water partition coefficient (Wildman–Crippen LogP) is 2.87. The molecule has 0 radical (unpaired) electrons. The average molecular weight is 312 g/mol. The Labute approximate surface area is 127 Å². The summed E-state index contributed by atoms with van der Waals surface area (Å²) in [7, 11) is 0. The van der Waals surface area contributed by atoms with Crippen LogP contribution in [0, 0.1) is 0 Å². The normalized spacial score (nSPS) is 13.8. The Morgan fingerprint density at radius 2 is 2.15 bits per heavy atom. The van der Waals surface area contributed by atoms with Crippen molar-refractivity contribution >= 4 is 29.1 Å². The molecule has 1 N–H and O–H groups in total. The SMILES string of the molecule is CC(NC(=O)CCl)C(c1ccccc1Cl)n1cccn1. The highest BCUT2D eigenvalue weighted by Gasteiger charge is 2.24. The monoisotopic (exact) mass is 311 g/mol. The molecule has 1 aromatic carbocycles. The molecule has 4 nitrogen and oxygen atoms in total. The van der Waals surface area contributed by atoms with Crippen molar-refractivity contribution in [2.24, 2.45) is 0 Å². The largest absolute Gasteiger partial charge is 0.350 e. The van der Waals surface area contributed by atoms with Gasteiger partial charge >= 0.3 is 0 Å². The van der Waals surface area contributed by atoms with E-state index in [0.717, 1.165) is 5.56 Å². The summed E-state index contributed by atoms with van der Waals surface area (Å²) < 4.78 is 1.78. The maximum Gasteiger partial charge on any atom is 0.235 e. The van der Waals surface area contributed by atoms with Crippen LogP contribution < -0.4 is 5.32 Å². The molecule has 106 valence electrons. The molecule has 0 saturated carbocycles. The van der Waals surface area contributed by atoms with E-state index in [1.165, 1.54) is 0 Å². The van der Waals surface area contributed by atoms with Crippen LogP contribution in [-0.2, 0) is 4.79 Å². The van der Waals surface area contributed by atoms with E-state index in [4.69, 9.17) is 23.2 Å². The van der Waals surface area contributed by atoms with Gasteiger partial charge in [-0.1, -0.05) is 29.8 Å². The number of hydrogen-bond acceptors (Lipinski definition) is 2. The van der Waals surface area contributed by atoms with E-state index < -0.39 is 0 Å². The standard InChI is InChI=1S/C14H15Cl2N3O/c1-10(18-13(20)9-15)14(19-8-4-7-17-19)11-5-2-3-6-12(11)16/h2-8,10,14H,9H2,1H3,(H,18,20). The number of amides is 1. The van der Waals surface area contributed by atoms with E-state index in [9.17, 15) is 4.79 Å². The van der Waals surface area contributed by atoms with Crippen LogP contribution in [0.15, 0.2) is 42.7 Å². The fraction of sp³-hybridized carbons (Fsp3) is 0.286. The number of nitrogens with zero attached hydrogens (tertiary/aromatic N) is 2. The second-order valence-corrected chi connectivity index (χ2v) is 5.12. The molecule has 0 aliphatic carbocycles. The van der Waals surface area contributed by atoms with E-state index >= 15 is 0 Å². The van der Waals surface area contributed by atoms with Gasteiger partial charge in [-0.15, -0.1) is 11.6 Å². The predicted molar refractivity (Wildman–Crippen MR) is 80.1 cm³/mol. The van der Waals surface area contributed by atoms with Gasteiger partial charge in [0, 0.05) is 17.4 Å². The summed E-state index contributed by atoms with van der Waals surface area (Å²) in [5.74, 6) is -0.290. The van der Waals surface area contributed by atoms with E-state index in [0.29, 0.717) is 5.02 Å². The van der Waals surface area contributed by atoms with Crippen LogP contribution in [-0.4, -0.2) is 27.6 Å². The Balaban J connectivity index is 2.36. The van der Waals surface area contributed by atoms with Crippen molar-refractivity contribution in [2.75, 3.05) is 5.88 Å². The molecule has 1 aromatic heterocycles. The van der Waals surface area contributed by atoms with E-state index in [2.05, 4.69) is 10.4 Å². The van der Waals surface area contributed by atoms with E-state index in [1.54, 1.807) is 10.9 Å². The zero-order valence-electron chi connectivity index (χ0n) is 11.0. The lowest BCUT2D eigenvalue weighted by atomic mass is 10.0. The highest BCUT2D eigenvalue weighted by Crippen LogP contribution is 2.28. The van der Waals surface area contributed by atoms with E-state index in [-0.39, 0.29) is 23.9 Å². The van der Waals surface area contributed by atoms with Gasteiger partial charge in [-0.3, -0.25) is 9.48 Å². The number of carbonyl (C=O) groups excluding carboxylic acids is 1. The molecular formula is C14H15Cl2N3O. The first-order valence-electron chi connectivity index (χ1n) is 6.22. The summed E-state index contributed by atoms with van der Waals surface area (Å²) >= 11 is 11.8. The average Bonchev–Trinajstić information content (AvgIpc) is 2.95. The molecule has 0 fully saturated rings. The van der Waals surface area contributed by atoms with Gasteiger partial charge in [-0.25, -0.2) is 0 Å². The second kappa shape index (κ2) is 6.77. The maximum atomic E-state index is 11.5. The molecule has 1 amide bonds. The topological polar surface area (TPSA) is 46.9 Å². The minimum Gasteiger partial charge on any atom is -0.350 e. The summed E-state index contributed by atoms with van der Waals surface area (Å²) in [6.07, 6.45) is 3.54. The second-order valence-electron chi connectivity index (χ2n) is 4.44. The smallest absolute Gasteiger partial charge is 0.235 e. The van der Waals surface area contributed by atoms with Crippen molar-refractivity contribution in [3.63, 3.8) is 0 Å². The fourth-order valence-electron chi connectivity index (χ4n) is 2.17. The Morgan fingerprint density at radius 1 is 1.40 bits per heavy atom. The minimum absolute atomic E-state index is 0.0707. The van der Waals surface area contributed by atoms with Crippen molar-refractivity contribution in [1.29, 1.82) is 0 Å². The van der Waals surface area contributed by atoms with Gasteiger partial charge in [0.25, 0.3) is 0 Å². The molecular weight excluding hydrogens is 297 g/mol. The summed E-state index contributed by atoms with van der Waals surface area (Å²) in [4.78, 5) is 11.5. The third kappa shape index (κ3) is 3.32. The number of nitrogens with one attached hydrogen (secondary N) is 1. The van der Waals surface area contributed by atoms with E-state index in [1.807, 2.05) is 43.5 Å². The molecule has 2 unspecified atom stereocenters. The molecule has 6 heteroatoms. The first kappa shape index (κ1) is 14.9. The number of hydrogen-bond donors (Lipinski definition) is 1. The number of alkyl halides is 1. The molecule has 0 aliphatic rings. The van der Waals surface area contributed by atoms with Crippen LogP contribution in [0.5, 0.6) is 0 Å². The molecule has 1 heterocycles. The Morgan fingerprint density at radius 3 is 2.75 bits per heavy atom. The van der Waals surface area contributed by atoms with Crippen LogP contribution >= 0.6 is 23.2 Å². The molecule has 0 bridgehead atoms. The van der Waals surface area contributed by atoms with Crippen LogP contribution in [0.2, 0.25) is 5.02 Å². The van der Waals surface area contributed by atoms with Gasteiger partial charge in [-0.2, -0.15) is 5.10 Å². The number of halogens is 2.